The number of esters is 1. The van der Waals surface area contributed by atoms with E-state index in [4.69, 9.17) is 16.3 Å². The van der Waals surface area contributed by atoms with E-state index in [0.717, 1.165) is 15.4 Å². The van der Waals surface area contributed by atoms with Crippen LogP contribution in [0.1, 0.15) is 5.56 Å². The van der Waals surface area contributed by atoms with Gasteiger partial charge in [0.2, 0.25) is 5.91 Å². The fourth-order valence-corrected chi connectivity index (χ4v) is 3.71. The van der Waals surface area contributed by atoms with Crippen LogP contribution in [0.15, 0.2) is 88.7 Å². The molecule has 2 amide bonds. The second-order valence-corrected chi connectivity index (χ2v) is 8.25. The number of ether oxygens (including phenoxy) is 1. The van der Waals surface area contributed by atoms with E-state index < -0.39 is 18.5 Å². The predicted octanol–water partition coefficient (Wildman–Crippen LogP) is 4.33. The van der Waals surface area contributed by atoms with Crippen molar-refractivity contribution in [1.82, 2.24) is 5.32 Å². The van der Waals surface area contributed by atoms with Gasteiger partial charge < -0.3 is 15.4 Å². The van der Waals surface area contributed by atoms with Crippen LogP contribution in [0.25, 0.3) is 0 Å². The maximum absolute atomic E-state index is 12.2. The first-order chi connectivity index (χ1) is 15.5. The Bertz CT molecular complexity index is 1070. The van der Waals surface area contributed by atoms with Crippen molar-refractivity contribution in [2.75, 3.05) is 18.5 Å². The lowest BCUT2D eigenvalue weighted by Crippen LogP contribution is -2.33. The molecule has 0 aliphatic carbocycles. The van der Waals surface area contributed by atoms with Gasteiger partial charge in [0, 0.05) is 14.8 Å². The van der Waals surface area contributed by atoms with Crippen LogP contribution < -0.4 is 10.6 Å². The van der Waals surface area contributed by atoms with Crippen molar-refractivity contribution in [3.05, 3.63) is 89.4 Å². The summed E-state index contributed by atoms with van der Waals surface area (Å²) in [6.07, 6.45) is 0.163. The minimum Gasteiger partial charge on any atom is -0.454 e. The zero-order valence-corrected chi connectivity index (χ0v) is 18.6. The molecule has 0 aliphatic rings. The number of carbonyl (C=O) groups is 3. The van der Waals surface area contributed by atoms with Gasteiger partial charge in [-0.2, -0.15) is 0 Å². The number of hydrogen-bond donors (Lipinski definition) is 2. The summed E-state index contributed by atoms with van der Waals surface area (Å²) >= 11 is 7.39. The number of hydrogen-bond acceptors (Lipinski definition) is 5. The second kappa shape index (κ2) is 11.9. The third kappa shape index (κ3) is 7.76. The monoisotopic (exact) mass is 468 g/mol. The van der Waals surface area contributed by atoms with Crippen LogP contribution in [-0.2, 0) is 25.5 Å². The van der Waals surface area contributed by atoms with Crippen molar-refractivity contribution in [3.63, 3.8) is 0 Å². The highest BCUT2D eigenvalue weighted by Crippen LogP contribution is 2.33. The van der Waals surface area contributed by atoms with Crippen molar-refractivity contribution in [2.45, 2.75) is 16.2 Å². The van der Waals surface area contributed by atoms with Gasteiger partial charge in [-0.15, -0.1) is 0 Å². The second-order valence-electron chi connectivity index (χ2n) is 6.70. The molecule has 2 N–H and O–H groups in total. The van der Waals surface area contributed by atoms with E-state index in [-0.39, 0.29) is 18.9 Å². The molecule has 0 atom stereocenters. The molecule has 0 saturated heterocycles. The molecule has 3 aromatic rings. The zero-order chi connectivity index (χ0) is 22.8. The van der Waals surface area contributed by atoms with Gasteiger partial charge in [0.1, 0.15) is 6.54 Å². The van der Waals surface area contributed by atoms with Gasteiger partial charge in [-0.25, -0.2) is 0 Å². The van der Waals surface area contributed by atoms with E-state index in [1.807, 2.05) is 54.6 Å². The van der Waals surface area contributed by atoms with Gasteiger partial charge in [-0.05, 0) is 42.0 Å². The summed E-state index contributed by atoms with van der Waals surface area (Å²) in [7, 11) is 0. The summed E-state index contributed by atoms with van der Waals surface area (Å²) in [5, 5.41) is 5.88. The average Bonchev–Trinajstić information content (AvgIpc) is 2.80. The smallest absolute Gasteiger partial charge is 0.325 e. The van der Waals surface area contributed by atoms with Gasteiger partial charge in [-0.1, -0.05) is 65.8 Å². The molecule has 32 heavy (non-hydrogen) atoms. The Morgan fingerprint density at radius 1 is 0.844 bits per heavy atom. The molecule has 6 nitrogen and oxygen atoms in total. The summed E-state index contributed by atoms with van der Waals surface area (Å²) in [6.45, 7) is -0.755. The molecule has 0 heterocycles. The first-order valence-corrected chi connectivity index (χ1v) is 11.0. The van der Waals surface area contributed by atoms with Crippen molar-refractivity contribution < 1.29 is 19.1 Å². The Labute approximate surface area is 195 Å². The van der Waals surface area contributed by atoms with Crippen LogP contribution >= 0.6 is 23.4 Å². The maximum atomic E-state index is 12.2. The number of benzene rings is 3. The highest BCUT2D eigenvalue weighted by atomic mass is 35.5. The van der Waals surface area contributed by atoms with E-state index >= 15 is 0 Å². The Morgan fingerprint density at radius 3 is 2.28 bits per heavy atom. The van der Waals surface area contributed by atoms with Crippen molar-refractivity contribution >= 4 is 46.8 Å². The first-order valence-electron chi connectivity index (χ1n) is 9.78. The summed E-state index contributed by atoms with van der Waals surface area (Å²) < 4.78 is 4.96. The lowest BCUT2D eigenvalue weighted by Gasteiger charge is -2.11. The van der Waals surface area contributed by atoms with E-state index in [2.05, 4.69) is 10.6 Å². The molecular weight excluding hydrogens is 448 g/mol. The first kappa shape index (κ1) is 23.4. The predicted molar refractivity (Wildman–Crippen MR) is 125 cm³/mol. The Morgan fingerprint density at radius 2 is 1.53 bits per heavy atom. The SMILES string of the molecule is O=C(Cc1ccccc1)NCC(=O)OCC(=O)Nc1ccccc1Sc1ccc(Cl)cc1. The van der Waals surface area contributed by atoms with Crippen molar-refractivity contribution in [1.29, 1.82) is 0 Å². The van der Waals surface area contributed by atoms with E-state index in [0.29, 0.717) is 10.7 Å². The number of halogens is 1. The Balaban J connectivity index is 1.44. The van der Waals surface area contributed by atoms with Crippen LogP contribution in [0.3, 0.4) is 0 Å². The Hall–Kier alpha value is -3.29. The molecular formula is C24H21ClN2O4S. The minimum atomic E-state index is -0.689. The third-order valence-electron chi connectivity index (χ3n) is 4.20. The lowest BCUT2D eigenvalue weighted by molar-refractivity contribution is -0.147. The number of nitrogens with one attached hydrogen (secondary N) is 2. The van der Waals surface area contributed by atoms with Crippen LogP contribution in [-0.4, -0.2) is 30.9 Å². The molecule has 8 heteroatoms. The van der Waals surface area contributed by atoms with Gasteiger partial charge in [0.05, 0.1) is 12.1 Å². The van der Waals surface area contributed by atoms with E-state index in [1.165, 1.54) is 11.8 Å². The molecule has 3 aromatic carbocycles. The topological polar surface area (TPSA) is 84.5 Å². The van der Waals surface area contributed by atoms with E-state index in [9.17, 15) is 14.4 Å². The fourth-order valence-electron chi connectivity index (χ4n) is 2.69. The summed E-state index contributed by atoms with van der Waals surface area (Å²) in [5.41, 5.74) is 1.44. The zero-order valence-electron chi connectivity index (χ0n) is 17.0. The summed E-state index contributed by atoms with van der Waals surface area (Å²) in [6, 6.07) is 23.9. The van der Waals surface area contributed by atoms with Gasteiger partial charge >= 0.3 is 5.97 Å². The van der Waals surface area contributed by atoms with Crippen LogP contribution in [0.4, 0.5) is 5.69 Å². The quantitative estimate of drug-likeness (QED) is 0.456. The average molecular weight is 469 g/mol. The standard InChI is InChI=1S/C24H21ClN2O4S/c25-18-10-12-19(13-11-18)32-21-9-5-4-8-20(21)27-23(29)16-31-24(30)15-26-22(28)14-17-6-2-1-3-7-17/h1-13H,14-16H2,(H,26,28)(H,27,29). The lowest BCUT2D eigenvalue weighted by atomic mass is 10.1. The number of amides is 2. The van der Waals surface area contributed by atoms with Crippen molar-refractivity contribution in [2.24, 2.45) is 0 Å². The third-order valence-corrected chi connectivity index (χ3v) is 5.54. The molecule has 0 saturated carbocycles. The number of anilines is 1. The molecule has 0 radical (unpaired) electrons. The Kier molecular flexibility index (Phi) is 8.71. The molecule has 3 rings (SSSR count). The molecule has 0 bridgehead atoms. The number of rotatable bonds is 9. The van der Waals surface area contributed by atoms with Crippen LogP contribution in [0.5, 0.6) is 0 Å². The molecule has 164 valence electrons. The number of carbonyl (C=O) groups excluding carboxylic acids is 3. The highest BCUT2D eigenvalue weighted by Gasteiger charge is 2.12. The van der Waals surface area contributed by atoms with E-state index in [1.54, 1.807) is 24.3 Å². The minimum absolute atomic E-state index is 0.163. The van der Waals surface area contributed by atoms with Gasteiger partial charge in [-0.3, -0.25) is 14.4 Å². The normalized spacial score (nSPS) is 10.3. The molecule has 0 unspecified atom stereocenters. The largest absolute Gasteiger partial charge is 0.454 e. The summed E-state index contributed by atoms with van der Waals surface area (Å²) in [5.74, 6) is -1.46. The van der Waals surface area contributed by atoms with Crippen molar-refractivity contribution in [3.8, 4) is 0 Å². The van der Waals surface area contributed by atoms with Crippen LogP contribution in [0, 0.1) is 0 Å². The highest BCUT2D eigenvalue weighted by molar-refractivity contribution is 7.99. The van der Waals surface area contributed by atoms with Crippen LogP contribution in [0.2, 0.25) is 5.02 Å². The fraction of sp³-hybridized carbons (Fsp3) is 0.125. The van der Waals surface area contributed by atoms with Gasteiger partial charge in [0.15, 0.2) is 6.61 Å². The maximum Gasteiger partial charge on any atom is 0.325 e. The molecule has 0 spiro atoms. The molecule has 0 aromatic heterocycles. The van der Waals surface area contributed by atoms with Gasteiger partial charge in [0.25, 0.3) is 5.91 Å². The summed E-state index contributed by atoms with van der Waals surface area (Å²) in [4.78, 5) is 37.8. The molecule has 0 fully saturated rings. The number of para-hydroxylation sites is 1. The molecule has 0 aliphatic heterocycles.